The highest BCUT2D eigenvalue weighted by Crippen LogP contribution is 2.34. The van der Waals surface area contributed by atoms with Gasteiger partial charge in [-0.1, -0.05) is 46.1 Å². The first-order valence-electron chi connectivity index (χ1n) is 5.96. The highest BCUT2D eigenvalue weighted by Gasteiger charge is 2.29. The Kier molecular flexibility index (Phi) is 4.83. The molecule has 1 aromatic rings. The second-order valence-corrected chi connectivity index (χ2v) is 8.32. The minimum Gasteiger partial charge on any atom is -0.208 e. The van der Waals surface area contributed by atoms with Gasteiger partial charge in [-0.3, -0.25) is 0 Å². The van der Waals surface area contributed by atoms with E-state index in [0.29, 0.717) is 10.4 Å². The Hall–Kier alpha value is 0.190. The zero-order valence-corrected chi connectivity index (χ0v) is 14.2. The lowest BCUT2D eigenvalue weighted by atomic mass is 10.1. The van der Waals surface area contributed by atoms with E-state index in [1.807, 2.05) is 0 Å². The summed E-state index contributed by atoms with van der Waals surface area (Å²) in [6, 6.07) is 3.02. The topological polar surface area (TPSA) is 46.2 Å². The van der Waals surface area contributed by atoms with E-state index in [4.69, 9.17) is 23.2 Å². The maximum Gasteiger partial charge on any atom is 0.243 e. The molecule has 1 aromatic carbocycles. The fourth-order valence-corrected chi connectivity index (χ4v) is 5.60. The zero-order valence-electron chi connectivity index (χ0n) is 10.3. The van der Waals surface area contributed by atoms with Crippen molar-refractivity contribution < 1.29 is 8.42 Å². The summed E-state index contributed by atoms with van der Waals surface area (Å²) in [6.07, 6.45) is 2.74. The van der Waals surface area contributed by atoms with E-state index < -0.39 is 10.0 Å². The molecular formula is C12H14BrCl2NO2S. The van der Waals surface area contributed by atoms with Crippen LogP contribution in [-0.4, -0.2) is 14.5 Å². The molecule has 2 atom stereocenters. The Balaban J connectivity index is 2.30. The molecule has 2 unspecified atom stereocenters. The third-order valence-electron chi connectivity index (χ3n) is 3.25. The molecule has 0 aliphatic heterocycles. The molecule has 1 aliphatic carbocycles. The van der Waals surface area contributed by atoms with Gasteiger partial charge >= 0.3 is 0 Å². The first kappa shape index (κ1) is 15.6. The van der Waals surface area contributed by atoms with E-state index in [0.717, 1.165) is 19.3 Å². The predicted molar refractivity (Wildman–Crippen MR) is 81.3 cm³/mol. The molecule has 1 N–H and O–H groups in total. The van der Waals surface area contributed by atoms with Crippen molar-refractivity contribution in [1.82, 2.24) is 4.72 Å². The number of hydrogen-bond acceptors (Lipinski definition) is 2. The van der Waals surface area contributed by atoms with Crippen LogP contribution in [0.15, 0.2) is 21.5 Å². The standard InChI is InChI=1S/C12H14BrCl2NO2S/c1-7-2-3-9(4-7)16-19(17,18)12-10(14)5-8(13)6-11(12)15/h5-7,9,16H,2-4H2,1H3. The molecule has 0 heterocycles. The number of nitrogens with one attached hydrogen (secondary N) is 1. The predicted octanol–water partition coefficient (Wildman–Crippen LogP) is 4.22. The second kappa shape index (κ2) is 5.90. The number of sulfonamides is 1. The molecule has 1 aliphatic rings. The molecule has 7 heteroatoms. The summed E-state index contributed by atoms with van der Waals surface area (Å²) >= 11 is 15.2. The molecule has 0 aromatic heterocycles. The summed E-state index contributed by atoms with van der Waals surface area (Å²) in [5, 5.41) is 0.246. The lowest BCUT2D eigenvalue weighted by molar-refractivity contribution is 0.538. The summed E-state index contributed by atoms with van der Waals surface area (Å²) in [4.78, 5) is -0.0430. The number of hydrogen-bond donors (Lipinski definition) is 1. The van der Waals surface area contributed by atoms with Crippen molar-refractivity contribution in [2.45, 2.75) is 37.1 Å². The van der Waals surface area contributed by atoms with Crippen LogP contribution in [0.5, 0.6) is 0 Å². The Morgan fingerprint density at radius 2 is 1.84 bits per heavy atom. The molecule has 0 bridgehead atoms. The smallest absolute Gasteiger partial charge is 0.208 e. The molecular weight excluding hydrogens is 373 g/mol. The number of halogens is 3. The van der Waals surface area contributed by atoms with Crippen LogP contribution in [0.2, 0.25) is 10.0 Å². The van der Waals surface area contributed by atoms with E-state index in [-0.39, 0.29) is 21.0 Å². The van der Waals surface area contributed by atoms with Crippen LogP contribution < -0.4 is 4.72 Å². The molecule has 0 amide bonds. The summed E-state index contributed by atoms with van der Waals surface area (Å²) in [6.45, 7) is 2.12. The SMILES string of the molecule is CC1CCC(NS(=O)(=O)c2c(Cl)cc(Br)cc2Cl)C1. The molecule has 0 radical (unpaired) electrons. The molecule has 19 heavy (non-hydrogen) atoms. The zero-order chi connectivity index (χ0) is 14.2. The van der Waals surface area contributed by atoms with Crippen LogP contribution in [0, 0.1) is 5.92 Å². The van der Waals surface area contributed by atoms with Gasteiger partial charge in [0, 0.05) is 10.5 Å². The maximum atomic E-state index is 12.4. The Morgan fingerprint density at radius 3 is 2.32 bits per heavy atom. The second-order valence-electron chi connectivity index (χ2n) is 4.93. The van der Waals surface area contributed by atoms with Crippen LogP contribution >= 0.6 is 39.1 Å². The van der Waals surface area contributed by atoms with Crippen molar-refractivity contribution in [2.24, 2.45) is 5.92 Å². The lowest BCUT2D eigenvalue weighted by Crippen LogP contribution is -2.33. The molecule has 0 saturated heterocycles. The van der Waals surface area contributed by atoms with Crippen molar-refractivity contribution in [3.8, 4) is 0 Å². The summed E-state index contributed by atoms with van der Waals surface area (Å²) in [7, 11) is -3.68. The van der Waals surface area contributed by atoms with Gasteiger partial charge in [-0.2, -0.15) is 0 Å². The first-order valence-corrected chi connectivity index (χ1v) is 8.99. The number of benzene rings is 1. The minimum atomic E-state index is -3.68. The first-order chi connectivity index (χ1) is 8.79. The fraction of sp³-hybridized carbons (Fsp3) is 0.500. The third kappa shape index (κ3) is 3.64. The van der Waals surface area contributed by atoms with Crippen molar-refractivity contribution in [3.05, 3.63) is 26.7 Å². The van der Waals surface area contributed by atoms with Gasteiger partial charge in [0.15, 0.2) is 0 Å². The molecule has 3 nitrogen and oxygen atoms in total. The van der Waals surface area contributed by atoms with Gasteiger partial charge in [0.25, 0.3) is 0 Å². The quantitative estimate of drug-likeness (QED) is 0.844. The van der Waals surface area contributed by atoms with Crippen LogP contribution in [0.1, 0.15) is 26.2 Å². The number of rotatable bonds is 3. The molecule has 2 rings (SSSR count). The van der Waals surface area contributed by atoms with E-state index >= 15 is 0 Å². The largest absolute Gasteiger partial charge is 0.243 e. The molecule has 1 fully saturated rings. The van der Waals surface area contributed by atoms with E-state index in [1.165, 1.54) is 12.1 Å². The summed E-state index contributed by atoms with van der Waals surface area (Å²) in [5.41, 5.74) is 0. The molecule has 1 saturated carbocycles. The minimum absolute atomic E-state index is 0.0317. The molecule has 0 spiro atoms. The lowest BCUT2D eigenvalue weighted by Gasteiger charge is -2.15. The van der Waals surface area contributed by atoms with Crippen LogP contribution in [0.25, 0.3) is 0 Å². The van der Waals surface area contributed by atoms with Gasteiger partial charge in [-0.25, -0.2) is 13.1 Å². The highest BCUT2D eigenvalue weighted by molar-refractivity contribution is 9.10. The van der Waals surface area contributed by atoms with E-state index in [1.54, 1.807) is 0 Å². The van der Waals surface area contributed by atoms with Gasteiger partial charge < -0.3 is 0 Å². The average molecular weight is 387 g/mol. The third-order valence-corrected chi connectivity index (χ3v) is 6.15. The van der Waals surface area contributed by atoms with Gasteiger partial charge in [-0.05, 0) is 37.3 Å². The van der Waals surface area contributed by atoms with E-state index in [9.17, 15) is 8.42 Å². The van der Waals surface area contributed by atoms with Crippen molar-refractivity contribution in [2.75, 3.05) is 0 Å². The van der Waals surface area contributed by atoms with Crippen LogP contribution in [-0.2, 0) is 10.0 Å². The summed E-state index contributed by atoms with van der Waals surface area (Å²) in [5.74, 6) is 0.545. The van der Waals surface area contributed by atoms with Gasteiger partial charge in [-0.15, -0.1) is 0 Å². The average Bonchev–Trinajstić information content (AvgIpc) is 2.60. The monoisotopic (exact) mass is 385 g/mol. The summed E-state index contributed by atoms with van der Waals surface area (Å²) < 4.78 is 28.0. The van der Waals surface area contributed by atoms with Crippen molar-refractivity contribution in [3.63, 3.8) is 0 Å². The van der Waals surface area contributed by atoms with Gasteiger partial charge in [0.1, 0.15) is 4.90 Å². The maximum absolute atomic E-state index is 12.4. The van der Waals surface area contributed by atoms with Crippen LogP contribution in [0.3, 0.4) is 0 Å². The Labute approximate surface area is 131 Å². The van der Waals surface area contributed by atoms with Crippen molar-refractivity contribution in [1.29, 1.82) is 0 Å². The van der Waals surface area contributed by atoms with Crippen LogP contribution in [0.4, 0.5) is 0 Å². The normalized spacial score (nSPS) is 23.8. The Bertz CT molecular complexity index is 568. The van der Waals surface area contributed by atoms with Gasteiger partial charge in [0.05, 0.1) is 10.0 Å². The van der Waals surface area contributed by atoms with Gasteiger partial charge in [0.2, 0.25) is 10.0 Å². The Morgan fingerprint density at radius 1 is 1.26 bits per heavy atom. The van der Waals surface area contributed by atoms with E-state index in [2.05, 4.69) is 27.6 Å². The fourth-order valence-electron chi connectivity index (χ4n) is 2.38. The highest BCUT2D eigenvalue weighted by atomic mass is 79.9. The van der Waals surface area contributed by atoms with Crippen molar-refractivity contribution >= 4 is 49.2 Å². The molecule has 106 valence electrons.